The largest absolute Gasteiger partial charge is 0.356 e. The Kier molecular flexibility index (Phi) is 8.34. The fourth-order valence-corrected chi connectivity index (χ4v) is 2.36. The van der Waals surface area contributed by atoms with Crippen LogP contribution in [0.4, 0.5) is 0 Å². The summed E-state index contributed by atoms with van der Waals surface area (Å²) < 4.78 is 1.75. The van der Waals surface area contributed by atoms with Gasteiger partial charge in [-0.3, -0.25) is 9.67 Å². The van der Waals surface area contributed by atoms with Gasteiger partial charge in [0.05, 0.1) is 6.54 Å². The second-order valence-electron chi connectivity index (χ2n) is 6.85. The molecule has 2 rings (SSSR count). The third-order valence-corrected chi connectivity index (χ3v) is 3.97. The van der Waals surface area contributed by atoms with Gasteiger partial charge in [-0.15, -0.1) is 24.0 Å². The summed E-state index contributed by atoms with van der Waals surface area (Å²) in [5.41, 5.74) is 2.88. The predicted octanol–water partition coefficient (Wildman–Crippen LogP) is 2.64. The molecule has 0 radical (unpaired) electrons. The van der Waals surface area contributed by atoms with Crippen molar-refractivity contribution in [1.82, 2.24) is 25.4 Å². The minimum atomic E-state index is 0. The number of hydrogen-bond acceptors (Lipinski definition) is 3. The summed E-state index contributed by atoms with van der Waals surface area (Å²) in [6.07, 6.45) is 2.50. The zero-order valence-electron chi connectivity index (χ0n) is 15.7. The molecule has 0 saturated carbocycles. The number of halogens is 1. The Balaban J connectivity index is 0.00000312. The summed E-state index contributed by atoms with van der Waals surface area (Å²) in [7, 11) is 3.64. The molecule has 0 fully saturated rings. The normalized spacial score (nSPS) is 11.8. The van der Waals surface area contributed by atoms with Gasteiger partial charge in [0.1, 0.15) is 12.2 Å². The van der Waals surface area contributed by atoms with Gasteiger partial charge in [0.15, 0.2) is 5.96 Å². The van der Waals surface area contributed by atoms with Crippen molar-refractivity contribution in [2.24, 2.45) is 12.0 Å². The van der Waals surface area contributed by atoms with Crippen molar-refractivity contribution < 1.29 is 0 Å². The molecule has 2 aromatic rings. The molecule has 1 heterocycles. The predicted molar refractivity (Wildman–Crippen MR) is 113 cm³/mol. The van der Waals surface area contributed by atoms with E-state index in [1.807, 2.05) is 7.05 Å². The lowest BCUT2D eigenvalue weighted by atomic mass is 9.86. The summed E-state index contributed by atoms with van der Waals surface area (Å²) in [5.74, 6) is 1.64. The van der Waals surface area contributed by atoms with E-state index in [-0.39, 0.29) is 29.4 Å². The lowest BCUT2D eigenvalue weighted by Gasteiger charge is -2.19. The molecule has 25 heavy (non-hydrogen) atoms. The third kappa shape index (κ3) is 6.64. The molecule has 6 nitrogen and oxygen atoms in total. The van der Waals surface area contributed by atoms with Crippen molar-refractivity contribution in [2.45, 2.75) is 39.2 Å². The quantitative estimate of drug-likeness (QED) is 0.413. The first-order valence-corrected chi connectivity index (χ1v) is 8.27. The first-order chi connectivity index (χ1) is 11.4. The number of hydrogen-bond donors (Lipinski definition) is 2. The van der Waals surface area contributed by atoms with Crippen molar-refractivity contribution in [3.8, 4) is 0 Å². The van der Waals surface area contributed by atoms with E-state index in [1.54, 1.807) is 18.1 Å². The molecule has 7 heteroatoms. The molecule has 1 aromatic carbocycles. The van der Waals surface area contributed by atoms with E-state index in [0.717, 1.165) is 24.7 Å². The van der Waals surface area contributed by atoms with Crippen LogP contribution in [-0.2, 0) is 25.4 Å². The fourth-order valence-electron chi connectivity index (χ4n) is 2.36. The monoisotopic (exact) mass is 456 g/mol. The van der Waals surface area contributed by atoms with Gasteiger partial charge < -0.3 is 10.6 Å². The summed E-state index contributed by atoms with van der Waals surface area (Å²) in [5, 5.41) is 10.6. The van der Waals surface area contributed by atoms with Gasteiger partial charge >= 0.3 is 0 Å². The van der Waals surface area contributed by atoms with E-state index < -0.39 is 0 Å². The number of aromatic nitrogens is 3. The molecule has 0 amide bonds. The van der Waals surface area contributed by atoms with Gasteiger partial charge in [-0.2, -0.15) is 5.10 Å². The van der Waals surface area contributed by atoms with Crippen molar-refractivity contribution >= 4 is 29.9 Å². The minimum Gasteiger partial charge on any atom is -0.356 e. The average Bonchev–Trinajstić information content (AvgIpc) is 2.95. The summed E-state index contributed by atoms with van der Waals surface area (Å²) in [6, 6.07) is 8.85. The summed E-state index contributed by atoms with van der Waals surface area (Å²) in [4.78, 5) is 8.42. The van der Waals surface area contributed by atoms with Crippen LogP contribution in [0.2, 0.25) is 0 Å². The zero-order chi connectivity index (χ0) is 17.6. The maximum absolute atomic E-state index is 4.23. The van der Waals surface area contributed by atoms with Crippen molar-refractivity contribution in [3.63, 3.8) is 0 Å². The molecule has 0 spiro atoms. The Morgan fingerprint density at radius 1 is 1.16 bits per heavy atom. The van der Waals surface area contributed by atoms with Gasteiger partial charge in [-0.05, 0) is 23.0 Å². The van der Waals surface area contributed by atoms with E-state index in [9.17, 15) is 0 Å². The maximum Gasteiger partial charge on any atom is 0.191 e. The number of rotatable bonds is 5. The SMILES string of the molecule is CN=C(NCCc1ccc(C(C)(C)C)cc1)NCc1ncnn1C.I. The Morgan fingerprint density at radius 3 is 2.36 bits per heavy atom. The second-order valence-corrected chi connectivity index (χ2v) is 6.85. The van der Waals surface area contributed by atoms with Crippen LogP contribution in [0, 0.1) is 0 Å². The van der Waals surface area contributed by atoms with Crippen molar-refractivity contribution in [2.75, 3.05) is 13.6 Å². The van der Waals surface area contributed by atoms with Crippen LogP contribution < -0.4 is 10.6 Å². The molecule has 0 aliphatic carbocycles. The van der Waals surface area contributed by atoms with Crippen LogP contribution in [0.5, 0.6) is 0 Å². The van der Waals surface area contributed by atoms with Gasteiger partial charge in [0.2, 0.25) is 0 Å². The number of nitrogens with zero attached hydrogens (tertiary/aromatic N) is 4. The van der Waals surface area contributed by atoms with Gasteiger partial charge in [0.25, 0.3) is 0 Å². The lowest BCUT2D eigenvalue weighted by Crippen LogP contribution is -2.38. The summed E-state index contributed by atoms with van der Waals surface area (Å²) in [6.45, 7) is 8.12. The standard InChI is InChI=1S/C18H28N6.HI/c1-18(2,3)15-8-6-14(7-9-15)10-11-20-17(19-4)21-12-16-22-13-23-24(16)5;/h6-9,13H,10-12H2,1-5H3,(H2,19,20,21);1H. The highest BCUT2D eigenvalue weighted by Gasteiger charge is 2.12. The van der Waals surface area contributed by atoms with E-state index in [2.05, 4.69) is 70.7 Å². The van der Waals surface area contributed by atoms with Gasteiger partial charge in [-0.1, -0.05) is 45.0 Å². The van der Waals surface area contributed by atoms with Crippen LogP contribution in [0.1, 0.15) is 37.7 Å². The Bertz CT molecular complexity index is 670. The molecular formula is C18H29IN6. The van der Waals surface area contributed by atoms with E-state index in [0.29, 0.717) is 6.54 Å². The molecule has 138 valence electrons. The first-order valence-electron chi connectivity index (χ1n) is 8.27. The van der Waals surface area contributed by atoms with E-state index in [1.165, 1.54) is 11.1 Å². The second kappa shape index (κ2) is 9.74. The molecule has 2 N–H and O–H groups in total. The smallest absolute Gasteiger partial charge is 0.191 e. The number of aliphatic imine (C=N–C) groups is 1. The topological polar surface area (TPSA) is 67.1 Å². The maximum atomic E-state index is 4.23. The molecule has 0 bridgehead atoms. The van der Waals surface area contributed by atoms with Gasteiger partial charge in [-0.25, -0.2) is 4.98 Å². The van der Waals surface area contributed by atoms with Crippen molar-refractivity contribution in [3.05, 3.63) is 47.5 Å². The molecule has 0 unspecified atom stereocenters. The Labute approximate surface area is 167 Å². The average molecular weight is 456 g/mol. The number of aryl methyl sites for hydroxylation is 1. The van der Waals surface area contributed by atoms with Crippen LogP contribution in [0.15, 0.2) is 35.6 Å². The number of benzene rings is 1. The zero-order valence-corrected chi connectivity index (χ0v) is 18.0. The van der Waals surface area contributed by atoms with Crippen LogP contribution in [0.25, 0.3) is 0 Å². The molecule has 1 aromatic heterocycles. The van der Waals surface area contributed by atoms with Gasteiger partial charge in [0, 0.05) is 20.6 Å². The fraction of sp³-hybridized carbons (Fsp3) is 0.500. The molecule has 0 saturated heterocycles. The van der Waals surface area contributed by atoms with Crippen molar-refractivity contribution in [1.29, 1.82) is 0 Å². The van der Waals surface area contributed by atoms with E-state index in [4.69, 9.17) is 0 Å². The minimum absolute atomic E-state index is 0. The number of guanidine groups is 1. The summed E-state index contributed by atoms with van der Waals surface area (Å²) >= 11 is 0. The molecule has 0 atom stereocenters. The highest BCUT2D eigenvalue weighted by atomic mass is 127. The lowest BCUT2D eigenvalue weighted by molar-refractivity contribution is 0.590. The van der Waals surface area contributed by atoms with Crippen LogP contribution >= 0.6 is 24.0 Å². The van der Waals surface area contributed by atoms with E-state index >= 15 is 0 Å². The first kappa shape index (κ1) is 21.4. The van der Waals surface area contributed by atoms with Crippen LogP contribution in [-0.4, -0.2) is 34.3 Å². The Morgan fingerprint density at radius 2 is 1.84 bits per heavy atom. The highest BCUT2D eigenvalue weighted by Crippen LogP contribution is 2.22. The third-order valence-electron chi connectivity index (χ3n) is 3.97. The highest BCUT2D eigenvalue weighted by molar-refractivity contribution is 14.0. The molecule has 0 aliphatic heterocycles. The Hall–Kier alpha value is -1.64. The molecular weight excluding hydrogens is 427 g/mol. The number of nitrogens with one attached hydrogen (secondary N) is 2. The van der Waals surface area contributed by atoms with Crippen LogP contribution in [0.3, 0.4) is 0 Å². The molecule has 0 aliphatic rings.